The van der Waals surface area contributed by atoms with Gasteiger partial charge >= 0.3 is 0 Å². The van der Waals surface area contributed by atoms with Crippen molar-refractivity contribution in [3.05, 3.63) is 62.5 Å². The molecule has 0 fully saturated rings. The van der Waals surface area contributed by atoms with Crippen LogP contribution in [0.4, 0.5) is 0 Å². The molecule has 2 atom stereocenters. The van der Waals surface area contributed by atoms with Crippen molar-refractivity contribution in [2.75, 3.05) is 0 Å². The van der Waals surface area contributed by atoms with Crippen LogP contribution >= 0.6 is 39.1 Å². The fourth-order valence-corrected chi connectivity index (χ4v) is 4.24. The lowest BCUT2D eigenvalue weighted by atomic mass is 10.1. The van der Waals surface area contributed by atoms with Crippen LogP contribution in [-0.2, 0) is 10.8 Å². The van der Waals surface area contributed by atoms with E-state index < -0.39 is 16.0 Å². The van der Waals surface area contributed by atoms with Crippen LogP contribution in [0.5, 0.6) is 0 Å². The van der Waals surface area contributed by atoms with Crippen LogP contribution in [0, 0.1) is 0 Å². The summed E-state index contributed by atoms with van der Waals surface area (Å²) in [6.45, 7) is 1.63. The summed E-state index contributed by atoms with van der Waals surface area (Å²) in [5, 5.41) is 0.0157. The van der Waals surface area contributed by atoms with Crippen LogP contribution in [0.25, 0.3) is 0 Å². The van der Waals surface area contributed by atoms with E-state index in [1.165, 1.54) is 6.07 Å². The number of halogens is 3. The van der Waals surface area contributed by atoms with Crippen molar-refractivity contribution in [2.24, 2.45) is 0 Å². The fourth-order valence-electron chi connectivity index (χ4n) is 1.80. The Balaban J connectivity index is 2.31. The highest BCUT2D eigenvalue weighted by Gasteiger charge is 2.25. The Morgan fingerprint density at radius 2 is 1.86 bits per heavy atom. The molecule has 6 heteroatoms. The molecule has 0 saturated heterocycles. The summed E-state index contributed by atoms with van der Waals surface area (Å²) in [5.74, 6) is -0.272. The van der Waals surface area contributed by atoms with Crippen LogP contribution < -0.4 is 0 Å². The van der Waals surface area contributed by atoms with Gasteiger partial charge in [0.2, 0.25) is 0 Å². The Hall–Kier alpha value is -0.680. The Labute approximate surface area is 144 Å². The quantitative estimate of drug-likeness (QED) is 0.660. The average molecular weight is 406 g/mol. The van der Waals surface area contributed by atoms with Gasteiger partial charge in [0, 0.05) is 15.1 Å². The highest BCUT2D eigenvalue weighted by atomic mass is 79.9. The first-order chi connectivity index (χ1) is 9.91. The first-order valence-corrected chi connectivity index (χ1v) is 8.82. The first-order valence-electron chi connectivity index (χ1n) is 6.06. The van der Waals surface area contributed by atoms with E-state index in [4.69, 9.17) is 23.2 Å². The maximum Gasteiger partial charge on any atom is 0.179 e. The molecule has 0 aliphatic carbocycles. The van der Waals surface area contributed by atoms with E-state index in [-0.39, 0.29) is 10.8 Å². The summed E-state index contributed by atoms with van der Waals surface area (Å²) in [4.78, 5) is 13.1. The zero-order valence-corrected chi connectivity index (χ0v) is 14.9. The van der Waals surface area contributed by atoms with E-state index in [9.17, 15) is 9.00 Å². The fraction of sp³-hybridized carbons (Fsp3) is 0.133. The van der Waals surface area contributed by atoms with Gasteiger partial charge in [-0.1, -0.05) is 35.3 Å². The second-order valence-electron chi connectivity index (χ2n) is 4.36. The molecule has 2 nitrogen and oxygen atoms in total. The van der Waals surface area contributed by atoms with Crippen molar-refractivity contribution in [3.8, 4) is 0 Å². The number of hydrogen-bond donors (Lipinski definition) is 0. The minimum atomic E-state index is -1.47. The molecule has 2 rings (SSSR count). The molecule has 21 heavy (non-hydrogen) atoms. The average Bonchev–Trinajstić information content (AvgIpc) is 2.45. The van der Waals surface area contributed by atoms with Gasteiger partial charge < -0.3 is 0 Å². The van der Waals surface area contributed by atoms with Gasteiger partial charge in [0.25, 0.3) is 0 Å². The van der Waals surface area contributed by atoms with Crippen LogP contribution in [0.1, 0.15) is 17.3 Å². The Morgan fingerprint density at radius 3 is 2.48 bits per heavy atom. The lowest BCUT2D eigenvalue weighted by Crippen LogP contribution is -2.23. The number of benzene rings is 2. The minimum Gasteiger partial charge on any atom is -0.293 e. The van der Waals surface area contributed by atoms with Crippen LogP contribution in [0.15, 0.2) is 51.8 Å². The van der Waals surface area contributed by atoms with Gasteiger partial charge in [0.1, 0.15) is 0 Å². The maximum absolute atomic E-state index is 12.5. The number of carbonyl (C=O) groups excluding carboxylic acids is 1. The molecular weight excluding hydrogens is 395 g/mol. The normalized spacial score (nSPS) is 13.7. The van der Waals surface area contributed by atoms with E-state index in [0.29, 0.717) is 20.0 Å². The van der Waals surface area contributed by atoms with Crippen molar-refractivity contribution in [1.82, 2.24) is 0 Å². The van der Waals surface area contributed by atoms with Gasteiger partial charge in [-0.15, -0.1) is 0 Å². The van der Waals surface area contributed by atoms with Gasteiger partial charge in [-0.2, -0.15) is 0 Å². The van der Waals surface area contributed by atoms with E-state index in [0.717, 1.165) is 0 Å². The van der Waals surface area contributed by atoms with Crippen molar-refractivity contribution >= 4 is 55.7 Å². The van der Waals surface area contributed by atoms with Crippen LogP contribution in [0.2, 0.25) is 10.0 Å². The molecule has 2 unspecified atom stereocenters. The lowest BCUT2D eigenvalue weighted by Gasteiger charge is -2.13. The summed E-state index contributed by atoms with van der Waals surface area (Å²) >= 11 is 15.2. The zero-order valence-electron chi connectivity index (χ0n) is 11.0. The second-order valence-corrected chi connectivity index (χ2v) is 7.80. The molecule has 0 N–H and O–H groups in total. The Bertz CT molecular complexity index is 719. The smallest absolute Gasteiger partial charge is 0.179 e. The zero-order chi connectivity index (χ0) is 15.6. The number of carbonyl (C=O) groups is 1. The van der Waals surface area contributed by atoms with Gasteiger partial charge in [-0.05, 0) is 53.2 Å². The standard InChI is InChI=1S/C15H11BrCl2O2S/c1-9(21(20)14-5-3-2-4-12(14)16)15(19)11-7-6-10(17)8-13(11)18/h2-9H,1H3. The molecule has 0 saturated carbocycles. The van der Waals surface area contributed by atoms with E-state index in [2.05, 4.69) is 15.9 Å². The summed E-state index contributed by atoms with van der Waals surface area (Å²) < 4.78 is 13.3. The number of ketones is 1. The van der Waals surface area contributed by atoms with Gasteiger partial charge in [0.15, 0.2) is 5.78 Å². The highest BCUT2D eigenvalue weighted by molar-refractivity contribution is 9.10. The molecule has 0 aromatic heterocycles. The summed E-state index contributed by atoms with van der Waals surface area (Å²) in [6, 6.07) is 11.8. The monoisotopic (exact) mass is 404 g/mol. The Kier molecular flexibility index (Phi) is 5.60. The SMILES string of the molecule is CC(C(=O)c1ccc(Cl)cc1Cl)S(=O)c1ccccc1Br. The molecule has 0 amide bonds. The third kappa shape index (κ3) is 3.75. The number of hydrogen-bond acceptors (Lipinski definition) is 2. The minimum absolute atomic E-state index is 0.267. The molecule has 0 radical (unpaired) electrons. The predicted octanol–water partition coefficient (Wildman–Crippen LogP) is 5.13. The third-order valence-corrected chi connectivity index (χ3v) is 6.09. The molecule has 0 spiro atoms. The number of Topliss-reactive ketones (excluding diaryl/α,β-unsaturated/α-hetero) is 1. The second kappa shape index (κ2) is 7.05. The summed E-state index contributed by atoms with van der Waals surface area (Å²) in [6.07, 6.45) is 0. The van der Waals surface area contributed by atoms with Crippen LogP contribution in [-0.4, -0.2) is 15.2 Å². The Morgan fingerprint density at radius 1 is 1.19 bits per heavy atom. The van der Waals surface area contributed by atoms with Crippen molar-refractivity contribution in [2.45, 2.75) is 17.1 Å². The van der Waals surface area contributed by atoms with E-state index in [1.54, 1.807) is 37.3 Å². The van der Waals surface area contributed by atoms with Crippen molar-refractivity contribution in [1.29, 1.82) is 0 Å². The lowest BCUT2D eigenvalue weighted by molar-refractivity contribution is 0.0993. The van der Waals surface area contributed by atoms with Gasteiger partial charge in [-0.3, -0.25) is 9.00 Å². The third-order valence-electron chi connectivity index (χ3n) is 2.94. The number of rotatable bonds is 4. The summed E-state index contributed by atoms with van der Waals surface area (Å²) in [7, 11) is -1.47. The molecule has 0 aliphatic rings. The van der Waals surface area contributed by atoms with E-state index in [1.807, 2.05) is 6.07 Å². The van der Waals surface area contributed by atoms with Crippen molar-refractivity contribution in [3.63, 3.8) is 0 Å². The van der Waals surface area contributed by atoms with Crippen LogP contribution in [0.3, 0.4) is 0 Å². The molecule has 0 bridgehead atoms. The molecule has 0 heterocycles. The molecule has 110 valence electrons. The maximum atomic E-state index is 12.5. The summed E-state index contributed by atoms with van der Waals surface area (Å²) in [5.41, 5.74) is 0.328. The van der Waals surface area contributed by atoms with E-state index >= 15 is 0 Å². The highest BCUT2D eigenvalue weighted by Crippen LogP contribution is 2.26. The topological polar surface area (TPSA) is 34.1 Å². The largest absolute Gasteiger partial charge is 0.293 e. The van der Waals surface area contributed by atoms with Crippen molar-refractivity contribution < 1.29 is 9.00 Å². The van der Waals surface area contributed by atoms with Gasteiger partial charge in [0.05, 0.1) is 26.0 Å². The first kappa shape index (κ1) is 16.7. The molecule has 0 aliphatic heterocycles. The molecule has 2 aromatic rings. The molecular formula is C15H11BrCl2O2S. The predicted molar refractivity (Wildman–Crippen MR) is 90.8 cm³/mol. The molecule has 2 aromatic carbocycles. The van der Waals surface area contributed by atoms with Gasteiger partial charge in [-0.25, -0.2) is 0 Å².